The van der Waals surface area contributed by atoms with Crippen LogP contribution in [-0.2, 0) is 9.53 Å². The monoisotopic (exact) mass is 182 g/mol. The van der Waals surface area contributed by atoms with Crippen molar-refractivity contribution in [1.29, 1.82) is 0 Å². The molecule has 0 aromatic carbocycles. The van der Waals surface area contributed by atoms with Crippen molar-refractivity contribution >= 4 is 5.97 Å². The third-order valence-electron chi connectivity index (χ3n) is 1.09. The zero-order chi connectivity index (χ0) is 10.3. The Morgan fingerprint density at radius 2 is 2.23 bits per heavy atom. The molecule has 0 radical (unpaired) electrons. The summed E-state index contributed by atoms with van der Waals surface area (Å²) in [5.41, 5.74) is 0.950. The fraction of sp³-hybridized carbons (Fsp3) is 0.500. The molecule has 0 bridgehead atoms. The number of hydrogen-bond acceptors (Lipinski definition) is 3. The lowest BCUT2D eigenvalue weighted by atomic mass is 10.2. The van der Waals surface area contributed by atoms with Crippen LogP contribution in [0.15, 0.2) is 11.6 Å². The zero-order valence-electron chi connectivity index (χ0n) is 8.13. The summed E-state index contributed by atoms with van der Waals surface area (Å²) in [6, 6.07) is 0. The molecule has 1 unspecified atom stereocenters. The van der Waals surface area contributed by atoms with Crippen LogP contribution >= 0.6 is 0 Å². The SMILES string of the molecule is CCOC(=O)C#CC(O)C=C(C)C. The second-order valence-electron chi connectivity index (χ2n) is 2.68. The van der Waals surface area contributed by atoms with Crippen LogP contribution in [0, 0.1) is 11.8 Å². The molecule has 1 N–H and O–H groups in total. The maximum atomic E-state index is 10.7. The van der Waals surface area contributed by atoms with E-state index in [0.717, 1.165) is 5.57 Å². The first-order valence-electron chi connectivity index (χ1n) is 4.07. The number of aliphatic hydroxyl groups excluding tert-OH is 1. The van der Waals surface area contributed by atoms with Crippen molar-refractivity contribution in [3.05, 3.63) is 11.6 Å². The third-order valence-corrected chi connectivity index (χ3v) is 1.09. The van der Waals surface area contributed by atoms with Gasteiger partial charge in [-0.2, -0.15) is 0 Å². The maximum Gasteiger partial charge on any atom is 0.384 e. The lowest BCUT2D eigenvalue weighted by molar-refractivity contribution is -0.136. The molecule has 1 atom stereocenters. The average molecular weight is 182 g/mol. The number of rotatable bonds is 2. The highest BCUT2D eigenvalue weighted by molar-refractivity contribution is 5.88. The Morgan fingerprint density at radius 3 is 2.69 bits per heavy atom. The van der Waals surface area contributed by atoms with Gasteiger partial charge in [0.05, 0.1) is 6.61 Å². The van der Waals surface area contributed by atoms with Gasteiger partial charge in [0, 0.05) is 5.92 Å². The van der Waals surface area contributed by atoms with E-state index in [4.69, 9.17) is 0 Å². The predicted molar refractivity (Wildman–Crippen MR) is 49.8 cm³/mol. The highest BCUT2D eigenvalue weighted by Crippen LogP contribution is 1.92. The fourth-order valence-corrected chi connectivity index (χ4v) is 0.657. The van der Waals surface area contributed by atoms with Crippen LogP contribution in [0.3, 0.4) is 0 Å². The van der Waals surface area contributed by atoms with Gasteiger partial charge in [-0.3, -0.25) is 0 Å². The zero-order valence-corrected chi connectivity index (χ0v) is 8.13. The minimum atomic E-state index is -0.894. The van der Waals surface area contributed by atoms with Crippen LogP contribution in [0.1, 0.15) is 20.8 Å². The topological polar surface area (TPSA) is 46.5 Å². The molecule has 0 aliphatic carbocycles. The van der Waals surface area contributed by atoms with Gasteiger partial charge in [0.15, 0.2) is 0 Å². The second kappa shape index (κ2) is 6.27. The molecule has 0 saturated heterocycles. The molecule has 0 fully saturated rings. The minimum Gasteiger partial charge on any atom is -0.456 e. The average Bonchev–Trinajstić information content (AvgIpc) is 2.00. The smallest absolute Gasteiger partial charge is 0.384 e. The van der Waals surface area contributed by atoms with Crippen LogP contribution in [-0.4, -0.2) is 23.8 Å². The Balaban J connectivity index is 4.09. The van der Waals surface area contributed by atoms with Gasteiger partial charge < -0.3 is 9.84 Å². The Bertz CT molecular complexity index is 251. The standard InChI is InChI=1S/C10H14O3/c1-4-13-10(12)6-5-9(11)7-8(2)3/h7,9,11H,4H2,1-3H3. The van der Waals surface area contributed by atoms with Crippen LogP contribution < -0.4 is 0 Å². The van der Waals surface area contributed by atoms with E-state index in [1.54, 1.807) is 13.0 Å². The molecule has 0 rings (SSSR count). The van der Waals surface area contributed by atoms with Gasteiger partial charge in [-0.1, -0.05) is 11.5 Å². The number of esters is 1. The molecule has 0 aromatic heterocycles. The van der Waals surface area contributed by atoms with Crippen molar-refractivity contribution in [3.63, 3.8) is 0 Å². The van der Waals surface area contributed by atoms with Crippen LogP contribution in [0.2, 0.25) is 0 Å². The fourth-order valence-electron chi connectivity index (χ4n) is 0.657. The first-order chi connectivity index (χ1) is 6.06. The van der Waals surface area contributed by atoms with Gasteiger partial charge in [-0.05, 0) is 26.8 Å². The van der Waals surface area contributed by atoms with E-state index in [-0.39, 0.29) is 0 Å². The summed E-state index contributed by atoms with van der Waals surface area (Å²) in [5.74, 6) is 3.93. The molecule has 0 aromatic rings. The van der Waals surface area contributed by atoms with Crippen LogP contribution in [0.4, 0.5) is 0 Å². The van der Waals surface area contributed by atoms with Crippen molar-refractivity contribution in [2.24, 2.45) is 0 Å². The summed E-state index contributed by atoms with van der Waals surface area (Å²) >= 11 is 0. The molecule has 0 amide bonds. The molecule has 72 valence electrons. The Kier molecular flexibility index (Phi) is 5.66. The Morgan fingerprint density at radius 1 is 1.62 bits per heavy atom. The lowest BCUT2D eigenvalue weighted by Gasteiger charge is -1.95. The summed E-state index contributed by atoms with van der Waals surface area (Å²) < 4.78 is 4.55. The van der Waals surface area contributed by atoms with E-state index in [2.05, 4.69) is 16.6 Å². The van der Waals surface area contributed by atoms with E-state index in [0.29, 0.717) is 6.61 Å². The van der Waals surface area contributed by atoms with E-state index in [9.17, 15) is 9.90 Å². The summed E-state index contributed by atoms with van der Waals surface area (Å²) in [4.78, 5) is 10.7. The third kappa shape index (κ3) is 7.10. The van der Waals surface area contributed by atoms with E-state index in [1.165, 1.54) is 0 Å². The Hall–Kier alpha value is -1.27. The van der Waals surface area contributed by atoms with Crippen molar-refractivity contribution in [3.8, 4) is 11.8 Å². The van der Waals surface area contributed by atoms with Gasteiger partial charge >= 0.3 is 5.97 Å². The van der Waals surface area contributed by atoms with Crippen LogP contribution in [0.5, 0.6) is 0 Å². The summed E-state index contributed by atoms with van der Waals surface area (Å²) in [7, 11) is 0. The number of aliphatic hydroxyl groups is 1. The highest BCUT2D eigenvalue weighted by Gasteiger charge is 1.95. The molecule has 0 heterocycles. The molecule has 0 spiro atoms. The first-order valence-corrected chi connectivity index (χ1v) is 4.07. The quantitative estimate of drug-likeness (QED) is 0.298. The van der Waals surface area contributed by atoms with E-state index in [1.807, 2.05) is 13.8 Å². The number of allylic oxidation sites excluding steroid dienone is 1. The van der Waals surface area contributed by atoms with Crippen molar-refractivity contribution in [2.75, 3.05) is 6.61 Å². The molecule has 13 heavy (non-hydrogen) atoms. The molecule has 0 aliphatic heterocycles. The Labute approximate surface area is 78.4 Å². The molecular formula is C10H14O3. The predicted octanol–water partition coefficient (Wildman–Crippen LogP) is 0.880. The van der Waals surface area contributed by atoms with Crippen molar-refractivity contribution in [2.45, 2.75) is 26.9 Å². The number of carbonyl (C=O) groups is 1. The normalized spacial score (nSPS) is 10.8. The highest BCUT2D eigenvalue weighted by atomic mass is 16.5. The largest absolute Gasteiger partial charge is 0.456 e. The van der Waals surface area contributed by atoms with Gasteiger partial charge in [0.25, 0.3) is 0 Å². The number of carbonyl (C=O) groups excluding carboxylic acids is 1. The second-order valence-corrected chi connectivity index (χ2v) is 2.68. The van der Waals surface area contributed by atoms with Gasteiger partial charge in [0.2, 0.25) is 0 Å². The number of ether oxygens (including phenoxy) is 1. The molecular weight excluding hydrogens is 168 g/mol. The van der Waals surface area contributed by atoms with Gasteiger partial charge in [-0.25, -0.2) is 4.79 Å². The van der Waals surface area contributed by atoms with Crippen molar-refractivity contribution < 1.29 is 14.6 Å². The lowest BCUT2D eigenvalue weighted by Crippen LogP contribution is -2.03. The molecule has 0 saturated carbocycles. The van der Waals surface area contributed by atoms with E-state index < -0.39 is 12.1 Å². The summed E-state index contributed by atoms with van der Waals surface area (Å²) in [6.45, 7) is 5.68. The van der Waals surface area contributed by atoms with E-state index >= 15 is 0 Å². The minimum absolute atomic E-state index is 0.298. The molecule has 0 aliphatic rings. The molecule has 3 nitrogen and oxygen atoms in total. The number of hydrogen-bond donors (Lipinski definition) is 1. The van der Waals surface area contributed by atoms with Gasteiger partial charge in [-0.15, -0.1) is 0 Å². The molecule has 3 heteroatoms. The van der Waals surface area contributed by atoms with Gasteiger partial charge in [0.1, 0.15) is 6.10 Å². The maximum absolute atomic E-state index is 10.7. The van der Waals surface area contributed by atoms with Crippen LogP contribution in [0.25, 0.3) is 0 Å². The summed E-state index contributed by atoms with van der Waals surface area (Å²) in [5, 5.41) is 9.18. The summed E-state index contributed by atoms with van der Waals surface area (Å²) in [6.07, 6.45) is 0.668. The van der Waals surface area contributed by atoms with Crippen molar-refractivity contribution in [1.82, 2.24) is 0 Å². The first kappa shape index (κ1) is 11.7.